The van der Waals surface area contributed by atoms with E-state index in [1.807, 2.05) is 0 Å². The van der Waals surface area contributed by atoms with Gasteiger partial charge < -0.3 is 5.11 Å². The average molecular weight is 301 g/mol. The van der Waals surface area contributed by atoms with Crippen molar-refractivity contribution in [1.29, 1.82) is 0 Å². The molecule has 0 spiro atoms. The number of halogens is 4. The van der Waals surface area contributed by atoms with Gasteiger partial charge in [-0.1, -0.05) is 6.07 Å². The van der Waals surface area contributed by atoms with Crippen molar-refractivity contribution >= 4 is 10.0 Å². The van der Waals surface area contributed by atoms with Crippen LogP contribution in [-0.4, -0.2) is 37.6 Å². The zero-order valence-corrected chi connectivity index (χ0v) is 10.6. The summed E-state index contributed by atoms with van der Waals surface area (Å²) in [4.78, 5) is -0.864. The van der Waals surface area contributed by atoms with Gasteiger partial charge in [-0.05, 0) is 17.7 Å². The maximum Gasteiger partial charge on any atom is 0.402 e. The van der Waals surface area contributed by atoms with Crippen molar-refractivity contribution in [2.24, 2.45) is 0 Å². The molecule has 4 nitrogen and oxygen atoms in total. The molecule has 0 aliphatic rings. The van der Waals surface area contributed by atoms with E-state index >= 15 is 0 Å². The standard InChI is InChI=1S/C10H11F4NO3S/c1-15(6-10(12,13)14)19(17,18)9-3-2-7(5-16)4-8(9)11/h2-4,16H,5-6H2,1H3. The molecule has 0 aliphatic carbocycles. The van der Waals surface area contributed by atoms with Gasteiger partial charge in [0.1, 0.15) is 17.3 Å². The summed E-state index contributed by atoms with van der Waals surface area (Å²) in [5.74, 6) is -1.21. The first-order valence-electron chi connectivity index (χ1n) is 5.00. The summed E-state index contributed by atoms with van der Waals surface area (Å²) >= 11 is 0. The lowest BCUT2D eigenvalue weighted by molar-refractivity contribution is -0.134. The molecule has 0 saturated heterocycles. The molecule has 19 heavy (non-hydrogen) atoms. The van der Waals surface area contributed by atoms with Crippen LogP contribution in [0.4, 0.5) is 17.6 Å². The van der Waals surface area contributed by atoms with Crippen LogP contribution in [0.2, 0.25) is 0 Å². The maximum absolute atomic E-state index is 13.5. The first kappa shape index (κ1) is 15.9. The van der Waals surface area contributed by atoms with Gasteiger partial charge in [0.15, 0.2) is 0 Å². The van der Waals surface area contributed by atoms with E-state index in [2.05, 4.69) is 0 Å². The van der Waals surface area contributed by atoms with Crippen LogP contribution >= 0.6 is 0 Å². The first-order valence-corrected chi connectivity index (χ1v) is 6.44. The quantitative estimate of drug-likeness (QED) is 0.858. The minimum atomic E-state index is -4.72. The van der Waals surface area contributed by atoms with Crippen LogP contribution in [0, 0.1) is 5.82 Å². The van der Waals surface area contributed by atoms with Crippen LogP contribution in [0.15, 0.2) is 23.1 Å². The lowest BCUT2D eigenvalue weighted by Gasteiger charge is -2.19. The number of hydrogen-bond donors (Lipinski definition) is 1. The second-order valence-corrected chi connectivity index (χ2v) is 5.81. The summed E-state index contributed by atoms with van der Waals surface area (Å²) in [6.07, 6.45) is -4.72. The van der Waals surface area contributed by atoms with Crippen LogP contribution in [0.25, 0.3) is 0 Å². The summed E-state index contributed by atoms with van der Waals surface area (Å²) in [5.41, 5.74) is 0.120. The zero-order valence-electron chi connectivity index (χ0n) is 9.78. The molecule has 108 valence electrons. The van der Waals surface area contributed by atoms with Gasteiger partial charge in [0.25, 0.3) is 0 Å². The summed E-state index contributed by atoms with van der Waals surface area (Å²) in [6.45, 7) is -2.22. The molecule has 1 N–H and O–H groups in total. The predicted molar refractivity (Wildman–Crippen MR) is 58.2 cm³/mol. The molecule has 9 heteroatoms. The fourth-order valence-corrected chi connectivity index (χ4v) is 2.55. The molecule has 0 aliphatic heterocycles. The molecular formula is C10H11F4NO3S. The third-order valence-electron chi connectivity index (χ3n) is 2.27. The van der Waals surface area contributed by atoms with E-state index in [0.29, 0.717) is 7.05 Å². The summed E-state index contributed by atoms with van der Waals surface area (Å²) in [5, 5.41) is 8.74. The van der Waals surface area contributed by atoms with Crippen LogP contribution in [0.1, 0.15) is 5.56 Å². The smallest absolute Gasteiger partial charge is 0.392 e. The van der Waals surface area contributed by atoms with Crippen LogP contribution in [0.5, 0.6) is 0 Å². The topological polar surface area (TPSA) is 57.6 Å². The van der Waals surface area contributed by atoms with E-state index in [-0.39, 0.29) is 9.87 Å². The molecule has 1 aromatic carbocycles. The van der Waals surface area contributed by atoms with Gasteiger partial charge in [0.05, 0.1) is 6.61 Å². The largest absolute Gasteiger partial charge is 0.402 e. The van der Waals surface area contributed by atoms with Gasteiger partial charge in [-0.2, -0.15) is 17.5 Å². The van der Waals surface area contributed by atoms with Crippen LogP contribution < -0.4 is 0 Å². The molecule has 1 aromatic rings. The predicted octanol–water partition coefficient (Wildman–Crippen LogP) is 1.50. The van der Waals surface area contributed by atoms with Crippen molar-refractivity contribution in [2.45, 2.75) is 17.7 Å². The molecule has 0 radical (unpaired) electrons. The van der Waals surface area contributed by atoms with Gasteiger partial charge in [0.2, 0.25) is 10.0 Å². The van der Waals surface area contributed by atoms with Crippen molar-refractivity contribution in [1.82, 2.24) is 4.31 Å². The number of sulfonamides is 1. The van der Waals surface area contributed by atoms with E-state index < -0.39 is 40.1 Å². The molecule has 0 aromatic heterocycles. The zero-order chi connectivity index (χ0) is 14.8. The van der Waals surface area contributed by atoms with E-state index in [4.69, 9.17) is 5.11 Å². The Kier molecular flexibility index (Phi) is 4.54. The fraction of sp³-hybridized carbons (Fsp3) is 0.400. The Morgan fingerprint density at radius 1 is 1.32 bits per heavy atom. The molecule has 0 bridgehead atoms. The Balaban J connectivity index is 3.13. The van der Waals surface area contributed by atoms with Gasteiger partial charge in [-0.3, -0.25) is 0 Å². The Hall–Kier alpha value is -1.19. The minimum absolute atomic E-state index is 0.0179. The first-order chi connectivity index (χ1) is 8.58. The fourth-order valence-electron chi connectivity index (χ4n) is 1.36. The number of nitrogens with zero attached hydrogens (tertiary/aromatic N) is 1. The molecule has 0 fully saturated rings. The van der Waals surface area contributed by atoms with E-state index in [0.717, 1.165) is 18.2 Å². The summed E-state index contributed by atoms with van der Waals surface area (Å²) in [7, 11) is -3.86. The summed E-state index contributed by atoms with van der Waals surface area (Å²) in [6, 6.07) is 2.70. The highest BCUT2D eigenvalue weighted by Crippen LogP contribution is 2.23. The van der Waals surface area contributed by atoms with Crippen molar-refractivity contribution in [3.05, 3.63) is 29.6 Å². The normalized spacial score (nSPS) is 13.0. The highest BCUT2D eigenvalue weighted by Gasteiger charge is 2.35. The van der Waals surface area contributed by atoms with Crippen LogP contribution in [-0.2, 0) is 16.6 Å². The molecular weight excluding hydrogens is 290 g/mol. The van der Waals surface area contributed by atoms with E-state index in [9.17, 15) is 26.0 Å². The van der Waals surface area contributed by atoms with Gasteiger partial charge in [-0.25, -0.2) is 12.8 Å². The Morgan fingerprint density at radius 2 is 1.89 bits per heavy atom. The SMILES string of the molecule is CN(CC(F)(F)F)S(=O)(=O)c1ccc(CO)cc1F. The highest BCUT2D eigenvalue weighted by molar-refractivity contribution is 7.89. The molecule has 0 amide bonds. The second kappa shape index (κ2) is 5.43. The van der Waals surface area contributed by atoms with Crippen LogP contribution in [0.3, 0.4) is 0 Å². The monoisotopic (exact) mass is 301 g/mol. The maximum atomic E-state index is 13.5. The third kappa shape index (κ3) is 3.88. The molecule has 0 heterocycles. The van der Waals surface area contributed by atoms with Crippen molar-refractivity contribution in [3.63, 3.8) is 0 Å². The molecule has 0 unspecified atom stereocenters. The lowest BCUT2D eigenvalue weighted by atomic mass is 10.2. The number of benzene rings is 1. The van der Waals surface area contributed by atoms with Gasteiger partial charge >= 0.3 is 6.18 Å². The Morgan fingerprint density at radius 3 is 2.32 bits per heavy atom. The number of rotatable bonds is 4. The lowest BCUT2D eigenvalue weighted by Crippen LogP contribution is -2.36. The molecule has 1 rings (SSSR count). The summed E-state index contributed by atoms with van der Waals surface area (Å²) < 4.78 is 73.5. The second-order valence-electron chi connectivity index (χ2n) is 3.80. The number of hydrogen-bond acceptors (Lipinski definition) is 3. The highest BCUT2D eigenvalue weighted by atomic mass is 32.2. The Bertz CT molecular complexity index is 556. The van der Waals surface area contributed by atoms with Gasteiger partial charge in [-0.15, -0.1) is 0 Å². The van der Waals surface area contributed by atoms with Crippen molar-refractivity contribution in [2.75, 3.05) is 13.6 Å². The minimum Gasteiger partial charge on any atom is -0.392 e. The van der Waals surface area contributed by atoms with E-state index in [1.54, 1.807) is 0 Å². The average Bonchev–Trinajstić information content (AvgIpc) is 2.26. The number of alkyl halides is 3. The molecule has 0 saturated carbocycles. The van der Waals surface area contributed by atoms with E-state index in [1.165, 1.54) is 0 Å². The Labute approximate surface area is 107 Å². The third-order valence-corrected chi connectivity index (χ3v) is 4.11. The number of aliphatic hydroxyl groups excluding tert-OH is 1. The molecule has 0 atom stereocenters. The van der Waals surface area contributed by atoms with Crippen molar-refractivity contribution < 1.29 is 31.1 Å². The number of aliphatic hydroxyl groups is 1. The van der Waals surface area contributed by atoms with Gasteiger partial charge in [0, 0.05) is 7.05 Å². The van der Waals surface area contributed by atoms with Crippen molar-refractivity contribution in [3.8, 4) is 0 Å².